The number of hydrogen-bond donors (Lipinski definition) is 4. The van der Waals surface area contributed by atoms with Crippen molar-refractivity contribution in [2.75, 3.05) is 23.7 Å². The van der Waals surface area contributed by atoms with Crippen LogP contribution in [0.1, 0.15) is 27.1 Å². The lowest BCUT2D eigenvalue weighted by molar-refractivity contribution is -0.117. The maximum absolute atomic E-state index is 12.9. The standard InChI is InChI=1S/C24H24N4O6S/c1-34-21-12-5-4-11-20(21)28-35(32,33)17-8-6-7-16(15-17)23(30)27-19-10-3-2-9-18(19)24(31)26-14-13-22(25)29/h2-12,15,28H,13-14H2,1H3,(H2,25,29)(H,26,31)(H,27,30). The molecule has 0 spiro atoms. The smallest absolute Gasteiger partial charge is 0.262 e. The molecular formula is C24H24N4O6S. The fraction of sp³-hybridized carbons (Fsp3) is 0.125. The van der Waals surface area contributed by atoms with Crippen LogP contribution in [0, 0.1) is 0 Å². The summed E-state index contributed by atoms with van der Waals surface area (Å²) < 4.78 is 33.4. The predicted molar refractivity (Wildman–Crippen MR) is 131 cm³/mol. The lowest BCUT2D eigenvalue weighted by atomic mass is 10.1. The van der Waals surface area contributed by atoms with Gasteiger partial charge in [-0.05, 0) is 42.5 Å². The molecule has 3 aromatic carbocycles. The van der Waals surface area contributed by atoms with Crippen LogP contribution in [-0.2, 0) is 14.8 Å². The number of anilines is 2. The minimum Gasteiger partial charge on any atom is -0.495 e. The maximum Gasteiger partial charge on any atom is 0.262 e. The maximum atomic E-state index is 12.9. The van der Waals surface area contributed by atoms with E-state index in [1.165, 1.54) is 43.5 Å². The topological polar surface area (TPSA) is 157 Å². The van der Waals surface area contributed by atoms with Crippen LogP contribution in [0.2, 0.25) is 0 Å². The monoisotopic (exact) mass is 496 g/mol. The van der Waals surface area contributed by atoms with E-state index in [-0.39, 0.29) is 40.4 Å². The summed E-state index contributed by atoms with van der Waals surface area (Å²) in [6.07, 6.45) is -0.0234. The average Bonchev–Trinajstić information content (AvgIpc) is 2.84. The molecule has 10 nitrogen and oxygen atoms in total. The largest absolute Gasteiger partial charge is 0.495 e. The molecule has 0 fully saturated rings. The van der Waals surface area contributed by atoms with E-state index in [1.54, 1.807) is 36.4 Å². The number of primary amides is 1. The molecule has 0 heterocycles. The fourth-order valence-electron chi connectivity index (χ4n) is 3.12. The minimum absolute atomic E-state index is 0.0234. The summed E-state index contributed by atoms with van der Waals surface area (Å²) >= 11 is 0. The molecule has 0 saturated heterocycles. The van der Waals surface area contributed by atoms with Gasteiger partial charge in [-0.15, -0.1) is 0 Å². The molecule has 0 bridgehead atoms. The lowest BCUT2D eigenvalue weighted by Gasteiger charge is -2.13. The molecule has 35 heavy (non-hydrogen) atoms. The predicted octanol–water partition coefficient (Wildman–Crippen LogP) is 2.35. The van der Waals surface area contributed by atoms with Crippen LogP contribution in [0.3, 0.4) is 0 Å². The van der Waals surface area contributed by atoms with Crippen molar-refractivity contribution in [3.63, 3.8) is 0 Å². The third kappa shape index (κ3) is 6.58. The minimum atomic E-state index is -4.03. The van der Waals surface area contributed by atoms with Gasteiger partial charge in [0.05, 0.1) is 28.9 Å². The summed E-state index contributed by atoms with van der Waals surface area (Å²) in [6.45, 7) is 0.0511. The molecule has 0 radical (unpaired) electrons. The number of nitrogens with one attached hydrogen (secondary N) is 3. The zero-order valence-corrected chi connectivity index (χ0v) is 19.6. The summed E-state index contributed by atoms with van der Waals surface area (Å²) in [5.74, 6) is -1.33. The van der Waals surface area contributed by atoms with Crippen LogP contribution in [0.5, 0.6) is 5.75 Å². The highest BCUT2D eigenvalue weighted by molar-refractivity contribution is 7.92. The van der Waals surface area contributed by atoms with Crippen LogP contribution in [0.15, 0.2) is 77.7 Å². The summed E-state index contributed by atoms with van der Waals surface area (Å²) in [4.78, 5) is 36.1. The van der Waals surface area contributed by atoms with Crippen LogP contribution in [0.25, 0.3) is 0 Å². The van der Waals surface area contributed by atoms with Crippen molar-refractivity contribution in [3.05, 3.63) is 83.9 Å². The lowest BCUT2D eigenvalue weighted by Crippen LogP contribution is -2.28. The SMILES string of the molecule is COc1ccccc1NS(=O)(=O)c1cccc(C(=O)Nc2ccccc2C(=O)NCCC(N)=O)c1. The Morgan fingerprint density at radius 3 is 2.29 bits per heavy atom. The first-order valence-corrected chi connectivity index (χ1v) is 11.9. The van der Waals surface area contributed by atoms with Crippen molar-refractivity contribution < 1.29 is 27.5 Å². The van der Waals surface area contributed by atoms with Crippen molar-refractivity contribution >= 4 is 39.1 Å². The van der Waals surface area contributed by atoms with Gasteiger partial charge in [0.1, 0.15) is 5.75 Å². The highest BCUT2D eigenvalue weighted by Gasteiger charge is 2.19. The number of amides is 3. The second-order valence-corrected chi connectivity index (χ2v) is 8.99. The second kappa shape index (κ2) is 11.2. The van der Waals surface area contributed by atoms with Gasteiger partial charge < -0.3 is 21.1 Å². The van der Waals surface area contributed by atoms with Crippen molar-refractivity contribution in [1.82, 2.24) is 5.32 Å². The van der Waals surface area contributed by atoms with E-state index in [0.717, 1.165) is 0 Å². The molecule has 0 unspecified atom stereocenters. The number of nitrogens with two attached hydrogens (primary N) is 1. The van der Waals surface area contributed by atoms with Gasteiger partial charge in [-0.2, -0.15) is 0 Å². The first-order chi connectivity index (χ1) is 16.7. The Bertz CT molecular complexity index is 1360. The number of hydrogen-bond acceptors (Lipinski definition) is 6. The number of benzene rings is 3. The molecule has 0 aliphatic rings. The number of para-hydroxylation sites is 3. The van der Waals surface area contributed by atoms with Crippen molar-refractivity contribution in [1.29, 1.82) is 0 Å². The number of rotatable bonds is 10. The summed E-state index contributed by atoms with van der Waals surface area (Å²) in [7, 11) is -2.60. The van der Waals surface area contributed by atoms with Crippen molar-refractivity contribution in [2.24, 2.45) is 5.73 Å². The zero-order chi connectivity index (χ0) is 25.4. The van der Waals surface area contributed by atoms with Crippen LogP contribution in [-0.4, -0.2) is 39.8 Å². The highest BCUT2D eigenvalue weighted by atomic mass is 32.2. The van der Waals surface area contributed by atoms with Crippen molar-refractivity contribution in [3.8, 4) is 5.75 Å². The molecule has 0 aliphatic carbocycles. The third-order valence-electron chi connectivity index (χ3n) is 4.83. The van der Waals surface area contributed by atoms with Gasteiger partial charge in [-0.25, -0.2) is 8.42 Å². The molecule has 0 aromatic heterocycles. The van der Waals surface area contributed by atoms with E-state index < -0.39 is 27.7 Å². The summed E-state index contributed by atoms with van der Waals surface area (Å²) in [5.41, 5.74) is 5.78. The Morgan fingerprint density at radius 2 is 1.57 bits per heavy atom. The molecular weight excluding hydrogens is 472 g/mol. The first kappa shape index (κ1) is 25.2. The molecule has 3 aromatic rings. The van der Waals surface area contributed by atoms with Crippen molar-refractivity contribution in [2.45, 2.75) is 11.3 Å². The molecule has 0 atom stereocenters. The van der Waals surface area contributed by atoms with E-state index >= 15 is 0 Å². The Morgan fingerprint density at radius 1 is 0.886 bits per heavy atom. The van der Waals surface area contributed by atoms with E-state index in [2.05, 4.69) is 15.4 Å². The van der Waals surface area contributed by atoms with E-state index in [4.69, 9.17) is 10.5 Å². The zero-order valence-electron chi connectivity index (χ0n) is 18.8. The normalized spacial score (nSPS) is 10.8. The quantitative estimate of drug-likeness (QED) is 0.337. The van der Waals surface area contributed by atoms with Gasteiger partial charge in [0.15, 0.2) is 0 Å². The summed E-state index contributed by atoms with van der Waals surface area (Å²) in [6, 6.07) is 18.3. The molecule has 11 heteroatoms. The Labute approximate surface area is 202 Å². The Hall–Kier alpha value is -4.38. The van der Waals surface area contributed by atoms with Crippen LogP contribution >= 0.6 is 0 Å². The van der Waals surface area contributed by atoms with Gasteiger partial charge in [0.25, 0.3) is 21.8 Å². The van der Waals surface area contributed by atoms with Gasteiger partial charge in [-0.1, -0.05) is 30.3 Å². The molecule has 182 valence electrons. The van der Waals surface area contributed by atoms with Gasteiger partial charge in [0.2, 0.25) is 5.91 Å². The Balaban J connectivity index is 1.79. The van der Waals surface area contributed by atoms with Gasteiger partial charge >= 0.3 is 0 Å². The van der Waals surface area contributed by atoms with Gasteiger partial charge in [0, 0.05) is 18.5 Å². The van der Waals surface area contributed by atoms with E-state index in [1.807, 2.05) is 0 Å². The third-order valence-corrected chi connectivity index (χ3v) is 6.20. The Kier molecular flexibility index (Phi) is 8.05. The number of methoxy groups -OCH3 is 1. The molecule has 3 rings (SSSR count). The fourth-order valence-corrected chi connectivity index (χ4v) is 4.23. The molecule has 0 aliphatic heterocycles. The number of sulfonamides is 1. The molecule has 3 amide bonds. The first-order valence-electron chi connectivity index (χ1n) is 10.4. The number of carbonyl (C=O) groups excluding carboxylic acids is 3. The van der Waals surface area contributed by atoms with E-state index in [0.29, 0.717) is 5.75 Å². The molecule has 0 saturated carbocycles. The second-order valence-electron chi connectivity index (χ2n) is 7.31. The van der Waals surface area contributed by atoms with E-state index in [9.17, 15) is 22.8 Å². The van der Waals surface area contributed by atoms with Crippen LogP contribution < -0.4 is 25.8 Å². The van der Waals surface area contributed by atoms with Crippen LogP contribution in [0.4, 0.5) is 11.4 Å². The highest BCUT2D eigenvalue weighted by Crippen LogP contribution is 2.26. The number of ether oxygens (including phenoxy) is 1. The summed E-state index contributed by atoms with van der Waals surface area (Å²) in [5, 5.41) is 5.18. The van der Waals surface area contributed by atoms with Gasteiger partial charge in [-0.3, -0.25) is 19.1 Å². The average molecular weight is 497 g/mol. The molecule has 5 N–H and O–H groups in total. The number of carbonyl (C=O) groups is 3.